The highest BCUT2D eigenvalue weighted by molar-refractivity contribution is 5.98. The summed E-state index contributed by atoms with van der Waals surface area (Å²) in [5.41, 5.74) is 38.8. The van der Waals surface area contributed by atoms with Crippen molar-refractivity contribution in [3.63, 3.8) is 0 Å². The Morgan fingerprint density at radius 3 is 0.894 bits per heavy atom. The molecule has 0 aromatic heterocycles. The van der Waals surface area contributed by atoms with Crippen LogP contribution in [0.2, 0.25) is 0 Å². The molecule has 0 fully saturated rings. The SMILES string of the molecule is Cc1ccc2c(c1)C(c1ccccc1)(c1ccccc1)c1cc(N(c3ccc(-c4ccc(N(c5ccc(-c6ccccc6)cc5)c5ccc6c(c5)-c5ccccc5C65c6ccccc6-c6ccccc65)cc4)c(C)c3)c3ccc4c(c3)C(c3ccccc3)(c3ccccc3)c3cc(C)ccc3-4)ccc1-2. The van der Waals surface area contributed by atoms with E-state index in [1.54, 1.807) is 0 Å². The average Bonchev–Trinajstić information content (AvgIpc) is 1.57. The molecule has 0 heterocycles. The van der Waals surface area contributed by atoms with Crippen LogP contribution in [-0.4, -0.2) is 0 Å². The summed E-state index contributed by atoms with van der Waals surface area (Å²) >= 11 is 0. The van der Waals surface area contributed by atoms with Gasteiger partial charge in [-0.15, -0.1) is 0 Å². The van der Waals surface area contributed by atoms with E-state index in [2.05, 4.69) is 413 Å². The highest BCUT2D eigenvalue weighted by Gasteiger charge is 2.53. The Morgan fingerprint density at radius 1 is 0.173 bits per heavy atom. The molecule has 20 rings (SSSR count). The summed E-state index contributed by atoms with van der Waals surface area (Å²) < 4.78 is 0. The van der Waals surface area contributed by atoms with Crippen LogP contribution in [0.15, 0.2) is 382 Å². The Bertz CT molecular complexity index is 5740. The van der Waals surface area contributed by atoms with Gasteiger partial charge >= 0.3 is 0 Å². The smallest absolute Gasteiger partial charge is 0.0725 e. The van der Waals surface area contributed by atoms with Gasteiger partial charge in [0.25, 0.3) is 0 Å². The lowest BCUT2D eigenvalue weighted by Crippen LogP contribution is -2.29. The molecule has 0 N–H and O–H groups in total. The van der Waals surface area contributed by atoms with E-state index >= 15 is 0 Å². The van der Waals surface area contributed by atoms with Crippen molar-refractivity contribution in [1.29, 1.82) is 0 Å². The Balaban J connectivity index is 0.746. The summed E-state index contributed by atoms with van der Waals surface area (Å²) in [5, 5.41) is 0. The molecule has 2 nitrogen and oxygen atoms in total. The first-order valence-electron chi connectivity index (χ1n) is 36.4. The lowest BCUT2D eigenvalue weighted by Gasteiger charge is -2.36. The van der Waals surface area contributed by atoms with E-state index in [1.807, 2.05) is 0 Å². The summed E-state index contributed by atoms with van der Waals surface area (Å²) in [4.78, 5) is 4.98. The van der Waals surface area contributed by atoms with Crippen LogP contribution in [0.1, 0.15) is 83.5 Å². The maximum absolute atomic E-state index is 2.53. The first-order valence-corrected chi connectivity index (χ1v) is 36.4. The molecule has 0 saturated heterocycles. The van der Waals surface area contributed by atoms with Crippen molar-refractivity contribution in [1.82, 2.24) is 0 Å². The Labute approximate surface area is 609 Å². The molecule has 0 aliphatic heterocycles. The van der Waals surface area contributed by atoms with Gasteiger partial charge in [0, 0.05) is 34.1 Å². The zero-order valence-electron chi connectivity index (χ0n) is 58.3. The van der Waals surface area contributed by atoms with Gasteiger partial charge in [-0.1, -0.05) is 321 Å². The van der Waals surface area contributed by atoms with Crippen LogP contribution in [-0.2, 0) is 16.2 Å². The number of rotatable bonds is 12. The second-order valence-corrected chi connectivity index (χ2v) is 28.8. The van der Waals surface area contributed by atoms with Crippen molar-refractivity contribution in [2.45, 2.75) is 37.0 Å². The highest BCUT2D eigenvalue weighted by atomic mass is 15.1. The molecule has 16 aromatic rings. The molecule has 104 heavy (non-hydrogen) atoms. The monoisotopic (exact) mass is 1320 g/mol. The third-order valence-electron chi connectivity index (χ3n) is 23.3. The third-order valence-corrected chi connectivity index (χ3v) is 23.3. The lowest BCUT2D eigenvalue weighted by atomic mass is 9.67. The zero-order valence-corrected chi connectivity index (χ0v) is 58.3. The van der Waals surface area contributed by atoms with E-state index in [-0.39, 0.29) is 0 Å². The van der Waals surface area contributed by atoms with Crippen molar-refractivity contribution < 1.29 is 0 Å². The van der Waals surface area contributed by atoms with Gasteiger partial charge in [-0.3, -0.25) is 0 Å². The van der Waals surface area contributed by atoms with Gasteiger partial charge in [-0.2, -0.15) is 0 Å². The van der Waals surface area contributed by atoms with Crippen molar-refractivity contribution >= 4 is 34.1 Å². The van der Waals surface area contributed by atoms with E-state index < -0.39 is 16.2 Å². The molecule has 0 unspecified atom stereocenters. The van der Waals surface area contributed by atoms with Gasteiger partial charge in [0.15, 0.2) is 0 Å². The first-order chi connectivity index (χ1) is 51.3. The molecule has 0 atom stereocenters. The van der Waals surface area contributed by atoms with E-state index in [0.717, 1.165) is 39.7 Å². The van der Waals surface area contributed by atoms with Crippen molar-refractivity contribution in [3.8, 4) is 66.8 Å². The van der Waals surface area contributed by atoms with Gasteiger partial charge in [0.05, 0.1) is 16.2 Å². The molecule has 1 spiro atoms. The average molecular weight is 1330 g/mol. The fraction of sp³-hybridized carbons (Fsp3) is 0.0588. The van der Waals surface area contributed by atoms with Crippen LogP contribution < -0.4 is 9.80 Å². The molecule has 0 saturated carbocycles. The first kappa shape index (κ1) is 61.0. The number of aryl methyl sites for hydroxylation is 3. The van der Waals surface area contributed by atoms with Crippen LogP contribution in [0.3, 0.4) is 0 Å². The van der Waals surface area contributed by atoms with Gasteiger partial charge in [0.1, 0.15) is 0 Å². The minimum atomic E-state index is -0.606. The molecule has 4 aliphatic carbocycles. The van der Waals surface area contributed by atoms with Crippen LogP contribution >= 0.6 is 0 Å². The second kappa shape index (κ2) is 23.9. The minimum Gasteiger partial charge on any atom is -0.310 e. The highest BCUT2D eigenvalue weighted by Crippen LogP contribution is 2.65. The van der Waals surface area contributed by atoms with E-state index in [0.29, 0.717) is 0 Å². The summed E-state index contributed by atoms with van der Waals surface area (Å²) in [6.45, 7) is 6.75. The number of nitrogens with zero attached hydrogens (tertiary/aromatic N) is 2. The van der Waals surface area contributed by atoms with Crippen molar-refractivity contribution in [3.05, 3.63) is 466 Å². The standard InChI is InChI=1S/C102H72N2/c1-67-41-55-87-89-58-52-81(65-98(89)100(96(87)61-67,73-27-11-5-12-28-73)74-29-13-6-14-30-74)104(82-53-59-90-88-56-42-68(2)62-97(88)101(99(90)66-82,75-31-15-7-16-32-75)76-33-17-8-18-34-76)79-51-57-83(69(3)63-79)72-45-49-78(50-46-72)103(77-47-43-71(44-48-77)70-25-9-4-10-26-70)80-54-60-95-91(64-80)86-37-21-24-40-94(86)102(95)92-38-22-19-35-84(92)85-36-20-23-39-93(85)102/h4-66H,1-3H3. The van der Waals surface area contributed by atoms with Crippen LogP contribution in [0.25, 0.3) is 66.8 Å². The number of hydrogen-bond acceptors (Lipinski definition) is 2. The van der Waals surface area contributed by atoms with Crippen molar-refractivity contribution in [2.24, 2.45) is 0 Å². The maximum Gasteiger partial charge on any atom is 0.0725 e. The van der Waals surface area contributed by atoms with E-state index in [9.17, 15) is 0 Å². The largest absolute Gasteiger partial charge is 0.310 e. The summed E-state index contributed by atoms with van der Waals surface area (Å²) in [6.07, 6.45) is 0. The molecule has 16 aromatic carbocycles. The molecule has 0 radical (unpaired) electrons. The zero-order chi connectivity index (χ0) is 69.3. The summed E-state index contributed by atoms with van der Waals surface area (Å²) in [5.74, 6) is 0. The molecular formula is C102H72N2. The van der Waals surface area contributed by atoms with Gasteiger partial charge in [-0.25, -0.2) is 0 Å². The predicted molar refractivity (Wildman–Crippen MR) is 432 cm³/mol. The second-order valence-electron chi connectivity index (χ2n) is 28.8. The minimum absolute atomic E-state index is 0.431. The summed E-state index contributed by atoms with van der Waals surface area (Å²) in [6, 6.07) is 144. The van der Waals surface area contributed by atoms with E-state index in [4.69, 9.17) is 0 Å². The van der Waals surface area contributed by atoms with Crippen LogP contribution in [0.4, 0.5) is 34.1 Å². The summed E-state index contributed by atoms with van der Waals surface area (Å²) in [7, 11) is 0. The fourth-order valence-corrected chi connectivity index (χ4v) is 18.9. The molecule has 0 bridgehead atoms. The molecule has 2 heteroatoms. The lowest BCUT2D eigenvalue weighted by molar-refractivity contribution is 0.766. The topological polar surface area (TPSA) is 6.48 Å². The molecular weight excluding hydrogens is 1250 g/mol. The van der Waals surface area contributed by atoms with Gasteiger partial charge < -0.3 is 9.80 Å². The number of hydrogen-bond donors (Lipinski definition) is 0. The number of benzene rings is 16. The molecule has 4 aliphatic rings. The Hall–Kier alpha value is -12.9. The Morgan fingerprint density at radius 2 is 0.462 bits per heavy atom. The van der Waals surface area contributed by atoms with Crippen LogP contribution in [0.5, 0.6) is 0 Å². The molecule has 490 valence electrons. The van der Waals surface area contributed by atoms with Crippen LogP contribution in [0, 0.1) is 20.8 Å². The fourth-order valence-electron chi connectivity index (χ4n) is 18.9. The maximum atomic E-state index is 2.53. The quantitative estimate of drug-likeness (QED) is 0.120. The third kappa shape index (κ3) is 8.95. The number of fused-ring (bicyclic) bond motifs is 16. The Kier molecular flexibility index (Phi) is 14.0. The van der Waals surface area contributed by atoms with Gasteiger partial charge in [-0.05, 0) is 233 Å². The van der Waals surface area contributed by atoms with E-state index in [1.165, 1.54) is 145 Å². The van der Waals surface area contributed by atoms with Gasteiger partial charge in [0.2, 0.25) is 0 Å². The number of anilines is 6. The predicted octanol–water partition coefficient (Wildman–Crippen LogP) is 26.0. The van der Waals surface area contributed by atoms with Crippen molar-refractivity contribution in [2.75, 3.05) is 9.80 Å². The molecule has 0 amide bonds. The normalized spacial score (nSPS) is 13.8.